The summed E-state index contributed by atoms with van der Waals surface area (Å²) in [5.41, 5.74) is 1.40. The van der Waals surface area contributed by atoms with Gasteiger partial charge in [-0.25, -0.2) is 4.98 Å². The van der Waals surface area contributed by atoms with Gasteiger partial charge < -0.3 is 9.72 Å². The van der Waals surface area contributed by atoms with E-state index in [2.05, 4.69) is 25.9 Å². The van der Waals surface area contributed by atoms with E-state index < -0.39 is 0 Å². The zero-order valence-electron chi connectivity index (χ0n) is 10.1. The number of hydrogen-bond acceptors (Lipinski definition) is 3. The number of ether oxygens (including phenoxy) is 1. The maximum absolute atomic E-state index is 11.7. The van der Waals surface area contributed by atoms with E-state index in [0.717, 1.165) is 5.56 Å². The van der Waals surface area contributed by atoms with Crippen molar-refractivity contribution < 1.29 is 4.74 Å². The van der Waals surface area contributed by atoms with Gasteiger partial charge >= 0.3 is 0 Å². The van der Waals surface area contributed by atoms with Gasteiger partial charge in [0.15, 0.2) is 0 Å². The van der Waals surface area contributed by atoms with E-state index in [9.17, 15) is 4.79 Å². The monoisotopic (exact) mass is 308 g/mol. The molecule has 2 aromatic rings. The molecule has 0 aliphatic carbocycles. The highest BCUT2D eigenvalue weighted by molar-refractivity contribution is 9.10. The molecule has 0 saturated carbocycles. The number of rotatable bonds is 3. The van der Waals surface area contributed by atoms with E-state index in [-0.39, 0.29) is 11.7 Å². The summed E-state index contributed by atoms with van der Waals surface area (Å²) in [6.45, 7) is 1.78. The molecule has 2 rings (SSSR count). The molecule has 0 spiro atoms. The van der Waals surface area contributed by atoms with Crippen molar-refractivity contribution in [2.45, 2.75) is 13.0 Å². The first-order valence-corrected chi connectivity index (χ1v) is 6.27. The smallest absolute Gasteiger partial charge is 0.265 e. The van der Waals surface area contributed by atoms with Crippen LogP contribution in [0.4, 0.5) is 0 Å². The van der Waals surface area contributed by atoms with Crippen LogP contribution in [0.1, 0.15) is 23.2 Å². The van der Waals surface area contributed by atoms with Crippen molar-refractivity contribution >= 4 is 15.9 Å². The molecule has 1 N–H and O–H groups in total. The van der Waals surface area contributed by atoms with Gasteiger partial charge in [-0.1, -0.05) is 30.3 Å². The van der Waals surface area contributed by atoms with Crippen LogP contribution in [0.25, 0.3) is 0 Å². The van der Waals surface area contributed by atoms with Gasteiger partial charge in [-0.2, -0.15) is 0 Å². The zero-order chi connectivity index (χ0) is 13.1. The molecule has 0 amide bonds. The molecule has 0 aliphatic rings. The van der Waals surface area contributed by atoms with Crippen LogP contribution in [0.15, 0.2) is 39.6 Å². The summed E-state index contributed by atoms with van der Waals surface area (Å²) >= 11 is 3.19. The zero-order valence-corrected chi connectivity index (χ0v) is 11.7. The number of benzene rings is 1. The fourth-order valence-electron chi connectivity index (χ4n) is 1.75. The highest BCUT2D eigenvalue weighted by atomic mass is 79.9. The summed E-state index contributed by atoms with van der Waals surface area (Å²) in [7, 11) is 1.59. The summed E-state index contributed by atoms with van der Waals surface area (Å²) in [6, 6.07) is 9.65. The topological polar surface area (TPSA) is 55.0 Å². The largest absolute Gasteiger partial charge is 0.369 e. The van der Waals surface area contributed by atoms with Crippen LogP contribution >= 0.6 is 15.9 Å². The first kappa shape index (κ1) is 13.0. The van der Waals surface area contributed by atoms with Gasteiger partial charge in [0.1, 0.15) is 16.4 Å². The first-order valence-electron chi connectivity index (χ1n) is 5.47. The summed E-state index contributed by atoms with van der Waals surface area (Å²) in [4.78, 5) is 18.8. The maximum atomic E-state index is 11.7. The first-order chi connectivity index (χ1) is 8.63. The van der Waals surface area contributed by atoms with Crippen LogP contribution in [0.5, 0.6) is 0 Å². The fourth-order valence-corrected chi connectivity index (χ4v) is 1.94. The van der Waals surface area contributed by atoms with E-state index in [1.807, 2.05) is 30.3 Å². The third kappa shape index (κ3) is 2.52. The standard InChI is InChI=1S/C13H13BrN2O2/c1-8-10(14)13(17)16-12(15-8)11(18-2)9-6-4-3-5-7-9/h3-7,11H,1-2H3,(H,15,16,17). The number of hydrogen-bond donors (Lipinski definition) is 1. The highest BCUT2D eigenvalue weighted by Gasteiger charge is 2.17. The quantitative estimate of drug-likeness (QED) is 0.948. The number of aromatic amines is 1. The van der Waals surface area contributed by atoms with Crippen molar-refractivity contribution in [3.05, 3.63) is 62.2 Å². The SMILES string of the molecule is COC(c1ccccc1)c1nc(C)c(Br)c(=O)[nH]1. The molecular formula is C13H13BrN2O2. The van der Waals surface area contributed by atoms with Crippen molar-refractivity contribution in [2.75, 3.05) is 7.11 Å². The molecule has 18 heavy (non-hydrogen) atoms. The Morgan fingerprint density at radius 2 is 2.00 bits per heavy atom. The van der Waals surface area contributed by atoms with Gasteiger partial charge in [0.05, 0.1) is 5.69 Å². The van der Waals surface area contributed by atoms with Crippen molar-refractivity contribution in [1.82, 2.24) is 9.97 Å². The average molecular weight is 309 g/mol. The van der Waals surface area contributed by atoms with Crippen molar-refractivity contribution in [2.24, 2.45) is 0 Å². The van der Waals surface area contributed by atoms with Crippen molar-refractivity contribution in [1.29, 1.82) is 0 Å². The number of aryl methyl sites for hydroxylation is 1. The number of methoxy groups -OCH3 is 1. The number of H-pyrrole nitrogens is 1. The summed E-state index contributed by atoms with van der Waals surface area (Å²) in [6.07, 6.45) is -0.370. The minimum absolute atomic E-state index is 0.199. The molecular weight excluding hydrogens is 296 g/mol. The second-order valence-electron chi connectivity index (χ2n) is 3.88. The molecule has 4 nitrogen and oxygen atoms in total. The van der Waals surface area contributed by atoms with Crippen LogP contribution < -0.4 is 5.56 Å². The third-order valence-electron chi connectivity index (χ3n) is 2.63. The molecule has 1 unspecified atom stereocenters. The Morgan fingerprint density at radius 3 is 2.56 bits per heavy atom. The summed E-state index contributed by atoms with van der Waals surface area (Å²) in [5.74, 6) is 0.509. The summed E-state index contributed by atoms with van der Waals surface area (Å²) in [5, 5.41) is 0. The maximum Gasteiger partial charge on any atom is 0.265 e. The van der Waals surface area contributed by atoms with Crippen LogP contribution in [0.2, 0.25) is 0 Å². The lowest BCUT2D eigenvalue weighted by Gasteiger charge is -2.15. The van der Waals surface area contributed by atoms with E-state index in [1.54, 1.807) is 14.0 Å². The van der Waals surface area contributed by atoms with Crippen molar-refractivity contribution in [3.8, 4) is 0 Å². The Morgan fingerprint density at radius 1 is 1.33 bits per heavy atom. The lowest BCUT2D eigenvalue weighted by atomic mass is 10.1. The normalized spacial score (nSPS) is 12.4. The number of aromatic nitrogens is 2. The van der Waals surface area contributed by atoms with Crippen LogP contribution in [-0.2, 0) is 4.74 Å². The second-order valence-corrected chi connectivity index (χ2v) is 4.67. The molecule has 0 aliphatic heterocycles. The Bertz CT molecular complexity index is 596. The minimum atomic E-state index is -0.370. The predicted octanol–water partition coefficient (Wildman–Crippen LogP) is 2.58. The lowest BCUT2D eigenvalue weighted by Crippen LogP contribution is -2.18. The van der Waals surface area contributed by atoms with Crippen molar-refractivity contribution in [3.63, 3.8) is 0 Å². The third-order valence-corrected chi connectivity index (χ3v) is 3.57. The lowest BCUT2D eigenvalue weighted by molar-refractivity contribution is 0.128. The average Bonchev–Trinajstić information content (AvgIpc) is 2.38. The second kappa shape index (κ2) is 5.46. The summed E-state index contributed by atoms with van der Waals surface area (Å²) < 4.78 is 5.88. The molecule has 1 aromatic heterocycles. The predicted molar refractivity (Wildman–Crippen MR) is 72.6 cm³/mol. The Labute approximate surface area is 113 Å². The molecule has 0 bridgehead atoms. The van der Waals surface area contributed by atoms with E-state index in [0.29, 0.717) is 16.0 Å². The van der Waals surface area contributed by atoms with Gasteiger partial charge in [-0.05, 0) is 28.4 Å². The number of nitrogens with one attached hydrogen (secondary N) is 1. The van der Waals surface area contributed by atoms with Gasteiger partial charge in [-0.3, -0.25) is 4.79 Å². The molecule has 1 heterocycles. The minimum Gasteiger partial charge on any atom is -0.369 e. The van der Waals surface area contributed by atoms with Crippen LogP contribution in [-0.4, -0.2) is 17.1 Å². The van der Waals surface area contributed by atoms with E-state index in [1.165, 1.54) is 0 Å². The van der Waals surface area contributed by atoms with Gasteiger partial charge in [0.2, 0.25) is 0 Å². The fraction of sp³-hybridized carbons (Fsp3) is 0.231. The van der Waals surface area contributed by atoms with Gasteiger partial charge in [-0.15, -0.1) is 0 Å². The number of halogens is 1. The van der Waals surface area contributed by atoms with E-state index in [4.69, 9.17) is 4.74 Å². The van der Waals surface area contributed by atoms with Gasteiger partial charge in [0, 0.05) is 7.11 Å². The van der Waals surface area contributed by atoms with Gasteiger partial charge in [0.25, 0.3) is 5.56 Å². The van der Waals surface area contributed by atoms with Crippen LogP contribution in [0.3, 0.4) is 0 Å². The molecule has 94 valence electrons. The Balaban J connectivity index is 2.49. The molecule has 5 heteroatoms. The molecule has 1 aromatic carbocycles. The molecule has 0 saturated heterocycles. The Hall–Kier alpha value is -1.46. The Kier molecular flexibility index (Phi) is 3.93. The molecule has 1 atom stereocenters. The molecule has 0 fully saturated rings. The van der Waals surface area contributed by atoms with E-state index >= 15 is 0 Å². The highest BCUT2D eigenvalue weighted by Crippen LogP contribution is 2.22. The van der Waals surface area contributed by atoms with Crippen LogP contribution in [0, 0.1) is 6.92 Å². The number of nitrogens with zero attached hydrogens (tertiary/aromatic N) is 1. The molecule has 0 radical (unpaired) electrons.